The lowest BCUT2D eigenvalue weighted by atomic mass is 10.1. The first-order valence-corrected chi connectivity index (χ1v) is 12.4. The molecule has 5 rings (SSSR count). The van der Waals surface area contributed by atoms with E-state index in [-0.39, 0.29) is 30.8 Å². The van der Waals surface area contributed by atoms with Gasteiger partial charge in [0.05, 0.1) is 11.9 Å². The van der Waals surface area contributed by atoms with Gasteiger partial charge in [0.1, 0.15) is 30.0 Å². The van der Waals surface area contributed by atoms with Crippen molar-refractivity contribution in [2.45, 2.75) is 25.3 Å². The monoisotopic (exact) mass is 521 g/mol. The minimum atomic E-state index is -0.961. The molecule has 1 aromatic heterocycles. The van der Waals surface area contributed by atoms with E-state index < -0.39 is 12.1 Å². The van der Waals surface area contributed by atoms with Crippen LogP contribution in [-0.2, 0) is 16.0 Å². The first-order valence-electron chi connectivity index (χ1n) is 12.4. The molecule has 0 spiro atoms. The third-order valence-electron chi connectivity index (χ3n) is 6.59. The summed E-state index contributed by atoms with van der Waals surface area (Å²) in [5.41, 5.74) is 1.93. The number of likely N-dealkylation sites (tertiary alicyclic amines) is 1. The molecule has 0 radical (unpaired) electrons. The van der Waals surface area contributed by atoms with E-state index in [1.165, 1.54) is 29.4 Å². The van der Waals surface area contributed by atoms with Gasteiger partial charge in [0.25, 0.3) is 11.8 Å². The zero-order valence-electron chi connectivity index (χ0n) is 20.9. The van der Waals surface area contributed by atoms with Gasteiger partial charge < -0.3 is 24.6 Å². The molecule has 1 atom stereocenters. The second-order valence-corrected chi connectivity index (χ2v) is 9.32. The second kappa shape index (κ2) is 10.9. The Morgan fingerprint density at radius 1 is 1.16 bits per heavy atom. The fourth-order valence-electron chi connectivity index (χ4n) is 4.53. The number of carbonyl (C=O) groups is 3. The van der Waals surface area contributed by atoms with E-state index in [0.29, 0.717) is 23.6 Å². The second-order valence-electron chi connectivity index (χ2n) is 9.32. The zero-order valence-corrected chi connectivity index (χ0v) is 20.9. The quantitative estimate of drug-likeness (QED) is 0.535. The van der Waals surface area contributed by atoms with Crippen molar-refractivity contribution in [2.75, 3.05) is 38.3 Å². The third kappa shape index (κ3) is 5.61. The minimum absolute atomic E-state index is 0.0707. The summed E-state index contributed by atoms with van der Waals surface area (Å²) >= 11 is 0. The number of benzene rings is 2. The average molecular weight is 522 g/mol. The highest BCUT2D eigenvalue weighted by atomic mass is 19.1. The normalized spacial score (nSPS) is 17.0. The first-order chi connectivity index (χ1) is 18.4. The number of likely N-dealkylation sites (N-methyl/N-ethyl adjacent to an activating group) is 1. The van der Waals surface area contributed by atoms with Crippen molar-refractivity contribution in [1.82, 2.24) is 20.0 Å². The summed E-state index contributed by atoms with van der Waals surface area (Å²) in [5, 5.41) is 6.75. The van der Waals surface area contributed by atoms with Gasteiger partial charge in [0, 0.05) is 38.8 Å². The van der Waals surface area contributed by atoms with Crippen molar-refractivity contribution >= 4 is 23.5 Å². The van der Waals surface area contributed by atoms with Crippen LogP contribution in [0.5, 0.6) is 11.5 Å². The molecular formula is C27H28FN5O5. The number of nitrogens with zero attached hydrogens (tertiary/aromatic N) is 4. The van der Waals surface area contributed by atoms with Crippen LogP contribution in [0.25, 0.3) is 0 Å². The van der Waals surface area contributed by atoms with Crippen molar-refractivity contribution in [1.29, 1.82) is 0 Å². The number of rotatable bonds is 6. The SMILES string of the molecule is CN1C(=O)[C@@H](NC(=O)n2cc(Cc3cccc(F)c3)cn2)COc2ccc(OCC(=O)N3CCCC3)cc21. The Labute approximate surface area is 218 Å². The van der Waals surface area contributed by atoms with Gasteiger partial charge in [0.2, 0.25) is 0 Å². The molecule has 1 N–H and O–H groups in total. The first kappa shape index (κ1) is 25.2. The molecule has 0 aliphatic carbocycles. The standard InChI is InChI=1S/C27H28FN5O5/c1-31-23-13-21(37-17-25(34)32-9-2-3-10-32)7-8-24(23)38-16-22(26(31)35)30-27(36)33-15-19(14-29-33)11-18-5-4-6-20(28)12-18/h4-8,12-15,22H,2-3,9-11,16-17H2,1H3,(H,30,36)/t22-/m0/s1. The number of amides is 3. The van der Waals surface area contributed by atoms with Gasteiger partial charge in [-0.05, 0) is 48.2 Å². The van der Waals surface area contributed by atoms with Crippen molar-refractivity contribution in [3.05, 3.63) is 71.8 Å². The van der Waals surface area contributed by atoms with Gasteiger partial charge in [-0.2, -0.15) is 9.78 Å². The predicted molar refractivity (Wildman–Crippen MR) is 136 cm³/mol. The highest BCUT2D eigenvalue weighted by molar-refractivity contribution is 6.00. The van der Waals surface area contributed by atoms with E-state index in [9.17, 15) is 18.8 Å². The van der Waals surface area contributed by atoms with Crippen LogP contribution in [0.2, 0.25) is 0 Å². The Hall–Kier alpha value is -4.41. The fraction of sp³-hybridized carbons (Fsp3) is 0.333. The lowest BCUT2D eigenvalue weighted by Crippen LogP contribution is -2.50. The molecule has 10 nitrogen and oxygen atoms in total. The van der Waals surface area contributed by atoms with Crippen LogP contribution in [0.3, 0.4) is 0 Å². The number of aromatic nitrogens is 2. The number of hydrogen-bond acceptors (Lipinski definition) is 6. The number of nitrogens with one attached hydrogen (secondary N) is 1. The number of anilines is 1. The molecule has 0 saturated carbocycles. The number of ether oxygens (including phenoxy) is 2. The van der Waals surface area contributed by atoms with Gasteiger partial charge in [0.15, 0.2) is 6.61 Å². The summed E-state index contributed by atoms with van der Waals surface area (Å²) in [6.45, 7) is 1.34. The average Bonchev–Trinajstić information content (AvgIpc) is 3.60. The van der Waals surface area contributed by atoms with Crippen LogP contribution in [0.15, 0.2) is 54.9 Å². The molecule has 198 valence electrons. The summed E-state index contributed by atoms with van der Waals surface area (Å²) in [7, 11) is 1.58. The van der Waals surface area contributed by atoms with Crippen molar-refractivity contribution in [3.63, 3.8) is 0 Å². The minimum Gasteiger partial charge on any atom is -0.489 e. The lowest BCUT2D eigenvalue weighted by molar-refractivity contribution is -0.132. The number of carbonyl (C=O) groups excluding carboxylic acids is 3. The van der Waals surface area contributed by atoms with E-state index >= 15 is 0 Å². The Morgan fingerprint density at radius 2 is 1.97 bits per heavy atom. The molecule has 1 saturated heterocycles. The van der Waals surface area contributed by atoms with Crippen LogP contribution in [0.1, 0.15) is 24.0 Å². The van der Waals surface area contributed by atoms with Crippen LogP contribution in [0.4, 0.5) is 14.9 Å². The largest absolute Gasteiger partial charge is 0.489 e. The maximum Gasteiger partial charge on any atom is 0.342 e. The van der Waals surface area contributed by atoms with E-state index in [4.69, 9.17) is 9.47 Å². The molecule has 2 aliphatic heterocycles. The van der Waals surface area contributed by atoms with Crippen LogP contribution >= 0.6 is 0 Å². The van der Waals surface area contributed by atoms with Gasteiger partial charge in [-0.1, -0.05) is 12.1 Å². The van der Waals surface area contributed by atoms with E-state index in [1.54, 1.807) is 42.3 Å². The van der Waals surface area contributed by atoms with Gasteiger partial charge in [-0.25, -0.2) is 9.18 Å². The molecule has 11 heteroatoms. The Kier molecular flexibility index (Phi) is 7.25. The maximum absolute atomic E-state index is 13.5. The smallest absolute Gasteiger partial charge is 0.342 e. The number of hydrogen-bond donors (Lipinski definition) is 1. The van der Waals surface area contributed by atoms with Crippen LogP contribution in [0, 0.1) is 5.82 Å². The van der Waals surface area contributed by atoms with Crippen LogP contribution in [-0.4, -0.2) is 71.9 Å². The Bertz CT molecular complexity index is 1350. The molecule has 38 heavy (non-hydrogen) atoms. The summed E-state index contributed by atoms with van der Waals surface area (Å²) in [6.07, 6.45) is 5.47. The van der Waals surface area contributed by atoms with Crippen LogP contribution < -0.4 is 19.7 Å². The zero-order chi connectivity index (χ0) is 26.6. The molecule has 0 bridgehead atoms. The molecular weight excluding hydrogens is 493 g/mol. The molecule has 3 aromatic rings. The fourth-order valence-corrected chi connectivity index (χ4v) is 4.53. The molecule has 2 aliphatic rings. The topological polar surface area (TPSA) is 106 Å². The highest BCUT2D eigenvalue weighted by Gasteiger charge is 2.31. The summed E-state index contributed by atoms with van der Waals surface area (Å²) < 4.78 is 26.1. The molecule has 2 aromatic carbocycles. The van der Waals surface area contributed by atoms with Crippen molar-refractivity contribution in [3.8, 4) is 11.5 Å². The molecule has 1 fully saturated rings. The van der Waals surface area contributed by atoms with E-state index in [1.807, 2.05) is 0 Å². The lowest BCUT2D eigenvalue weighted by Gasteiger charge is -2.21. The maximum atomic E-state index is 13.5. The summed E-state index contributed by atoms with van der Waals surface area (Å²) in [4.78, 5) is 41.5. The number of fused-ring (bicyclic) bond motifs is 1. The van der Waals surface area contributed by atoms with Crippen molar-refractivity contribution < 1.29 is 28.2 Å². The Balaban J connectivity index is 1.21. The Morgan fingerprint density at radius 3 is 2.76 bits per heavy atom. The summed E-state index contributed by atoms with van der Waals surface area (Å²) in [6, 6.07) is 9.64. The molecule has 0 unspecified atom stereocenters. The summed E-state index contributed by atoms with van der Waals surface area (Å²) in [5.74, 6) is 0.101. The molecule has 3 heterocycles. The number of halogens is 1. The van der Waals surface area contributed by atoms with E-state index in [2.05, 4.69) is 10.4 Å². The predicted octanol–water partition coefficient (Wildman–Crippen LogP) is 2.60. The van der Waals surface area contributed by atoms with Crippen molar-refractivity contribution in [2.24, 2.45) is 0 Å². The van der Waals surface area contributed by atoms with Gasteiger partial charge in [-0.15, -0.1) is 0 Å². The van der Waals surface area contributed by atoms with Gasteiger partial charge in [-0.3, -0.25) is 9.59 Å². The van der Waals surface area contributed by atoms with Gasteiger partial charge >= 0.3 is 6.03 Å². The van der Waals surface area contributed by atoms with E-state index in [0.717, 1.165) is 41.7 Å². The molecule has 3 amide bonds. The third-order valence-corrected chi connectivity index (χ3v) is 6.59. The highest BCUT2D eigenvalue weighted by Crippen LogP contribution is 2.34.